The summed E-state index contributed by atoms with van der Waals surface area (Å²) in [5.41, 5.74) is 1.28. The van der Waals surface area contributed by atoms with Gasteiger partial charge in [-0.25, -0.2) is 0 Å². The highest BCUT2D eigenvalue weighted by Gasteiger charge is 2.23. The zero-order valence-corrected chi connectivity index (χ0v) is 16.1. The molecule has 2 amide bonds. The van der Waals surface area contributed by atoms with E-state index in [1.165, 1.54) is 13.8 Å². The number of carbonyl (C=O) groups is 3. The number of nitrogens with one attached hydrogen (secondary N) is 2. The summed E-state index contributed by atoms with van der Waals surface area (Å²) in [6.07, 6.45) is -1.10. The van der Waals surface area contributed by atoms with Gasteiger partial charge in [-0.05, 0) is 24.6 Å². The molecule has 0 fully saturated rings. The van der Waals surface area contributed by atoms with Gasteiger partial charge < -0.3 is 24.8 Å². The van der Waals surface area contributed by atoms with Crippen LogP contribution in [0.25, 0.3) is 0 Å². The average molecular weight is 398 g/mol. The van der Waals surface area contributed by atoms with Crippen LogP contribution in [0, 0.1) is 0 Å². The number of carbonyl (C=O) groups excluding carboxylic acids is 3. The minimum absolute atomic E-state index is 0.0920. The van der Waals surface area contributed by atoms with Crippen LogP contribution in [0.2, 0.25) is 0 Å². The summed E-state index contributed by atoms with van der Waals surface area (Å²) in [5.74, 6) is -0.199. The van der Waals surface area contributed by atoms with E-state index in [-0.39, 0.29) is 19.1 Å². The summed E-state index contributed by atoms with van der Waals surface area (Å²) >= 11 is 0. The van der Waals surface area contributed by atoms with E-state index in [2.05, 4.69) is 10.6 Å². The van der Waals surface area contributed by atoms with E-state index in [0.717, 1.165) is 5.56 Å². The molecule has 3 rings (SSSR count). The summed E-state index contributed by atoms with van der Waals surface area (Å²) in [6.45, 7) is 3.00. The van der Waals surface area contributed by atoms with Gasteiger partial charge in [0.25, 0.3) is 5.91 Å². The Labute approximate surface area is 168 Å². The molecule has 1 aliphatic rings. The third-order valence-corrected chi connectivity index (χ3v) is 4.27. The van der Waals surface area contributed by atoms with Gasteiger partial charge in [-0.3, -0.25) is 14.4 Å². The van der Waals surface area contributed by atoms with E-state index >= 15 is 0 Å². The Balaban J connectivity index is 1.57. The maximum Gasteiger partial charge on any atom is 0.309 e. The lowest BCUT2D eigenvalue weighted by molar-refractivity contribution is -0.153. The van der Waals surface area contributed by atoms with Crippen LogP contribution in [-0.4, -0.2) is 30.7 Å². The van der Waals surface area contributed by atoms with Crippen LogP contribution in [0.1, 0.15) is 31.9 Å². The van der Waals surface area contributed by atoms with Crippen molar-refractivity contribution in [1.82, 2.24) is 5.32 Å². The third kappa shape index (κ3) is 5.47. The summed E-state index contributed by atoms with van der Waals surface area (Å²) in [5, 5.41) is 5.40. The molecule has 2 aromatic rings. The van der Waals surface area contributed by atoms with Crippen LogP contribution >= 0.6 is 0 Å². The molecule has 0 unspecified atom stereocenters. The number of rotatable bonds is 7. The van der Waals surface area contributed by atoms with Crippen molar-refractivity contribution in [2.24, 2.45) is 0 Å². The number of fused-ring (bicyclic) bond motifs is 1. The van der Waals surface area contributed by atoms with Crippen LogP contribution < -0.4 is 20.1 Å². The Morgan fingerprint density at radius 2 is 1.79 bits per heavy atom. The highest BCUT2D eigenvalue weighted by atomic mass is 16.7. The maximum atomic E-state index is 12.4. The third-order valence-electron chi connectivity index (χ3n) is 4.27. The average Bonchev–Trinajstić information content (AvgIpc) is 3.15. The fourth-order valence-electron chi connectivity index (χ4n) is 2.87. The molecule has 0 spiro atoms. The Bertz CT molecular complexity index is 899. The van der Waals surface area contributed by atoms with Crippen molar-refractivity contribution in [3.63, 3.8) is 0 Å². The Hall–Kier alpha value is -3.55. The molecule has 152 valence electrons. The molecule has 0 aromatic heterocycles. The molecule has 0 saturated carbocycles. The standard InChI is InChI=1S/C21H22N2O6/c1-13(21(26)23-16-8-9-18-19(10-16)28-12-27-18)29-20(25)11-17(22-14(2)24)15-6-4-3-5-7-15/h3-10,13,17H,11-12H2,1-2H3,(H,22,24)(H,23,26)/t13-,17+/m0/s1. The van der Waals surface area contributed by atoms with Gasteiger partial charge in [0.05, 0.1) is 12.5 Å². The maximum absolute atomic E-state index is 12.4. The lowest BCUT2D eigenvalue weighted by atomic mass is 10.0. The van der Waals surface area contributed by atoms with E-state index in [1.807, 2.05) is 30.3 Å². The van der Waals surface area contributed by atoms with Crippen LogP contribution in [-0.2, 0) is 19.1 Å². The summed E-state index contributed by atoms with van der Waals surface area (Å²) in [7, 11) is 0. The van der Waals surface area contributed by atoms with E-state index in [9.17, 15) is 14.4 Å². The molecule has 0 aliphatic carbocycles. The zero-order chi connectivity index (χ0) is 20.8. The second-order valence-corrected chi connectivity index (χ2v) is 6.56. The molecule has 2 atom stereocenters. The predicted molar refractivity (Wildman–Crippen MR) is 104 cm³/mol. The number of benzene rings is 2. The van der Waals surface area contributed by atoms with Crippen LogP contribution in [0.15, 0.2) is 48.5 Å². The van der Waals surface area contributed by atoms with Crippen molar-refractivity contribution < 1.29 is 28.6 Å². The number of hydrogen-bond acceptors (Lipinski definition) is 6. The van der Waals surface area contributed by atoms with Gasteiger partial charge in [0.15, 0.2) is 17.6 Å². The number of ether oxygens (including phenoxy) is 3. The number of amides is 2. The van der Waals surface area contributed by atoms with Gasteiger partial charge in [-0.15, -0.1) is 0 Å². The van der Waals surface area contributed by atoms with E-state index in [1.54, 1.807) is 18.2 Å². The van der Waals surface area contributed by atoms with Crippen molar-refractivity contribution in [1.29, 1.82) is 0 Å². The molecular formula is C21H22N2O6. The van der Waals surface area contributed by atoms with E-state index in [4.69, 9.17) is 14.2 Å². The Kier molecular flexibility index (Phi) is 6.33. The molecule has 8 nitrogen and oxygen atoms in total. The van der Waals surface area contributed by atoms with E-state index < -0.39 is 24.0 Å². The van der Waals surface area contributed by atoms with Crippen LogP contribution in [0.3, 0.4) is 0 Å². The molecular weight excluding hydrogens is 376 g/mol. The lowest BCUT2D eigenvalue weighted by Gasteiger charge is -2.19. The smallest absolute Gasteiger partial charge is 0.309 e. The van der Waals surface area contributed by atoms with Crippen LogP contribution in [0.4, 0.5) is 5.69 Å². The minimum atomic E-state index is -1.01. The molecule has 0 saturated heterocycles. The van der Waals surface area contributed by atoms with Crippen molar-refractivity contribution in [3.05, 3.63) is 54.1 Å². The molecule has 8 heteroatoms. The number of hydrogen-bond donors (Lipinski definition) is 2. The molecule has 0 radical (unpaired) electrons. The second kappa shape index (κ2) is 9.09. The molecule has 2 N–H and O–H groups in total. The first-order valence-electron chi connectivity index (χ1n) is 9.14. The van der Waals surface area contributed by atoms with Crippen molar-refractivity contribution in [2.75, 3.05) is 12.1 Å². The van der Waals surface area contributed by atoms with Crippen molar-refractivity contribution in [3.8, 4) is 11.5 Å². The molecule has 1 heterocycles. The van der Waals surface area contributed by atoms with Gasteiger partial charge in [-0.1, -0.05) is 30.3 Å². The van der Waals surface area contributed by atoms with Gasteiger partial charge in [0, 0.05) is 18.7 Å². The first-order chi connectivity index (χ1) is 13.9. The van der Waals surface area contributed by atoms with Gasteiger partial charge in [0.2, 0.25) is 12.7 Å². The summed E-state index contributed by atoms with van der Waals surface area (Å²) < 4.78 is 15.7. The zero-order valence-electron chi connectivity index (χ0n) is 16.1. The number of esters is 1. The molecule has 1 aliphatic heterocycles. The van der Waals surface area contributed by atoms with Gasteiger partial charge in [0.1, 0.15) is 0 Å². The second-order valence-electron chi connectivity index (χ2n) is 6.56. The van der Waals surface area contributed by atoms with Gasteiger partial charge >= 0.3 is 5.97 Å². The predicted octanol–water partition coefficient (Wildman–Crippen LogP) is 2.55. The number of anilines is 1. The first-order valence-corrected chi connectivity index (χ1v) is 9.14. The SMILES string of the molecule is CC(=O)N[C@H](CC(=O)O[C@@H](C)C(=O)Nc1ccc2c(c1)OCO2)c1ccccc1. The Morgan fingerprint density at radius 1 is 1.07 bits per heavy atom. The lowest BCUT2D eigenvalue weighted by Crippen LogP contribution is -2.33. The summed E-state index contributed by atoms with van der Waals surface area (Å²) in [6, 6.07) is 13.5. The quantitative estimate of drug-likeness (QED) is 0.695. The fourth-order valence-corrected chi connectivity index (χ4v) is 2.87. The largest absolute Gasteiger partial charge is 0.454 e. The van der Waals surface area contributed by atoms with Crippen molar-refractivity contribution >= 4 is 23.5 Å². The fraction of sp³-hybridized carbons (Fsp3) is 0.286. The van der Waals surface area contributed by atoms with Crippen LogP contribution in [0.5, 0.6) is 11.5 Å². The molecule has 2 aromatic carbocycles. The first kappa shape index (κ1) is 20.2. The topological polar surface area (TPSA) is 103 Å². The highest BCUT2D eigenvalue weighted by molar-refractivity contribution is 5.95. The van der Waals surface area contributed by atoms with E-state index in [0.29, 0.717) is 17.2 Å². The van der Waals surface area contributed by atoms with Crippen molar-refractivity contribution in [2.45, 2.75) is 32.4 Å². The molecule has 29 heavy (non-hydrogen) atoms. The monoisotopic (exact) mass is 398 g/mol. The van der Waals surface area contributed by atoms with Gasteiger partial charge in [-0.2, -0.15) is 0 Å². The molecule has 0 bridgehead atoms. The minimum Gasteiger partial charge on any atom is -0.454 e. The summed E-state index contributed by atoms with van der Waals surface area (Å²) in [4.78, 5) is 36.2. The highest BCUT2D eigenvalue weighted by Crippen LogP contribution is 2.34. The Morgan fingerprint density at radius 3 is 2.52 bits per heavy atom. The normalized spacial score (nSPS) is 13.9.